The van der Waals surface area contributed by atoms with Gasteiger partial charge in [0.15, 0.2) is 0 Å². The first-order valence-electron chi connectivity index (χ1n) is 6.87. The molecule has 0 N–H and O–H groups in total. The molecule has 0 spiro atoms. The molecular weight excluding hydrogens is 319 g/mol. The lowest BCUT2D eigenvalue weighted by molar-refractivity contribution is -0.274. The molecule has 0 unspecified atom stereocenters. The minimum Gasteiger partial charge on any atom is -0.406 e. The molecule has 0 bridgehead atoms. The lowest BCUT2D eigenvalue weighted by Gasteiger charge is -2.08. The highest BCUT2D eigenvalue weighted by Gasteiger charge is 2.31. The van der Waals surface area contributed by atoms with Crippen molar-refractivity contribution in [2.24, 2.45) is 0 Å². The minimum atomic E-state index is -4.80. The zero-order valence-electron chi connectivity index (χ0n) is 12.6. The van der Waals surface area contributed by atoms with Crippen LogP contribution in [0.15, 0.2) is 54.1 Å². The summed E-state index contributed by atoms with van der Waals surface area (Å²) in [5.41, 5.74) is 1.72. The van der Waals surface area contributed by atoms with Gasteiger partial charge in [-0.3, -0.25) is 4.79 Å². The number of Topliss-reactive ketones (excluding diaryl/α,β-unsaturated/α-hetero) is 1. The third kappa shape index (κ3) is 4.71. The summed E-state index contributed by atoms with van der Waals surface area (Å²) in [5.74, 6) is -1.00. The number of carbonyl (C=O) groups is 1. The van der Waals surface area contributed by atoms with Gasteiger partial charge < -0.3 is 4.74 Å². The average molecular weight is 331 g/mol. The molecule has 2 aromatic rings. The number of hydrogen-bond acceptors (Lipinski definition) is 3. The van der Waals surface area contributed by atoms with Crippen LogP contribution in [-0.2, 0) is 0 Å². The summed E-state index contributed by atoms with van der Waals surface area (Å²) in [5, 5.41) is 9.17. The Kier molecular flexibility index (Phi) is 5.05. The SMILES string of the molecule is Cc1ccc(/C=C(/C#N)C(=O)c2ccc(OC(F)(F)F)cc2)cc1. The summed E-state index contributed by atoms with van der Waals surface area (Å²) >= 11 is 0. The zero-order chi connectivity index (χ0) is 17.7. The maximum absolute atomic E-state index is 12.3. The number of ether oxygens (including phenoxy) is 1. The molecule has 0 amide bonds. The largest absolute Gasteiger partial charge is 0.573 e. The molecule has 0 saturated heterocycles. The molecule has 3 nitrogen and oxygen atoms in total. The van der Waals surface area contributed by atoms with E-state index in [2.05, 4.69) is 4.74 Å². The number of ketones is 1. The number of nitrogens with zero attached hydrogens (tertiary/aromatic N) is 1. The van der Waals surface area contributed by atoms with Crippen molar-refractivity contribution in [3.63, 3.8) is 0 Å². The van der Waals surface area contributed by atoms with Gasteiger partial charge >= 0.3 is 6.36 Å². The minimum absolute atomic E-state index is 0.101. The topological polar surface area (TPSA) is 50.1 Å². The van der Waals surface area contributed by atoms with E-state index >= 15 is 0 Å². The van der Waals surface area contributed by atoms with E-state index in [1.165, 1.54) is 18.2 Å². The Morgan fingerprint density at radius 1 is 1.08 bits per heavy atom. The number of aryl methyl sites for hydroxylation is 1. The lowest BCUT2D eigenvalue weighted by Crippen LogP contribution is -2.17. The molecule has 0 atom stereocenters. The Hall–Kier alpha value is -3.07. The summed E-state index contributed by atoms with van der Waals surface area (Å²) < 4.78 is 40.1. The van der Waals surface area contributed by atoms with Crippen molar-refractivity contribution >= 4 is 11.9 Å². The van der Waals surface area contributed by atoms with Crippen LogP contribution in [0.1, 0.15) is 21.5 Å². The van der Waals surface area contributed by atoms with Crippen LogP contribution in [0, 0.1) is 18.3 Å². The van der Waals surface area contributed by atoms with Gasteiger partial charge in [0, 0.05) is 5.56 Å². The first-order valence-corrected chi connectivity index (χ1v) is 6.87. The zero-order valence-corrected chi connectivity index (χ0v) is 12.6. The van der Waals surface area contributed by atoms with E-state index in [1.807, 2.05) is 25.1 Å². The predicted octanol–water partition coefficient (Wildman–Crippen LogP) is 4.68. The molecule has 0 radical (unpaired) electrons. The summed E-state index contributed by atoms with van der Waals surface area (Å²) in [6.07, 6.45) is -3.36. The van der Waals surface area contributed by atoms with Crippen molar-refractivity contribution in [2.75, 3.05) is 0 Å². The quantitative estimate of drug-likeness (QED) is 0.464. The third-order valence-electron chi connectivity index (χ3n) is 3.10. The van der Waals surface area contributed by atoms with Crippen molar-refractivity contribution in [2.45, 2.75) is 13.3 Å². The molecule has 2 aromatic carbocycles. The molecule has 0 saturated carbocycles. The van der Waals surface area contributed by atoms with Gasteiger partial charge in [0.05, 0.1) is 0 Å². The van der Waals surface area contributed by atoms with Crippen LogP contribution >= 0.6 is 0 Å². The Labute approximate surface area is 136 Å². The highest BCUT2D eigenvalue weighted by Crippen LogP contribution is 2.23. The van der Waals surface area contributed by atoms with E-state index in [0.29, 0.717) is 5.56 Å². The molecule has 0 aliphatic carbocycles. The van der Waals surface area contributed by atoms with E-state index in [0.717, 1.165) is 17.7 Å². The number of hydrogen-bond donors (Lipinski definition) is 0. The van der Waals surface area contributed by atoms with Gasteiger partial charge in [-0.1, -0.05) is 29.8 Å². The second-order valence-corrected chi connectivity index (χ2v) is 4.98. The van der Waals surface area contributed by atoms with Crippen molar-refractivity contribution in [3.05, 3.63) is 70.8 Å². The molecule has 122 valence electrons. The molecule has 0 heterocycles. The van der Waals surface area contributed by atoms with Crippen LogP contribution < -0.4 is 4.74 Å². The van der Waals surface area contributed by atoms with Crippen molar-refractivity contribution in [1.82, 2.24) is 0 Å². The fourth-order valence-electron chi connectivity index (χ4n) is 1.94. The second-order valence-electron chi connectivity index (χ2n) is 4.98. The second kappa shape index (κ2) is 7.01. The fraction of sp³-hybridized carbons (Fsp3) is 0.111. The smallest absolute Gasteiger partial charge is 0.406 e. The molecule has 0 fully saturated rings. The molecule has 6 heteroatoms. The van der Waals surface area contributed by atoms with Crippen LogP contribution in [0.3, 0.4) is 0 Å². The third-order valence-corrected chi connectivity index (χ3v) is 3.10. The van der Waals surface area contributed by atoms with E-state index in [-0.39, 0.29) is 11.1 Å². The van der Waals surface area contributed by atoms with Crippen LogP contribution in [-0.4, -0.2) is 12.1 Å². The van der Waals surface area contributed by atoms with Gasteiger partial charge in [0.1, 0.15) is 17.4 Å². The monoisotopic (exact) mass is 331 g/mol. The first kappa shape index (κ1) is 17.3. The molecule has 0 aliphatic heterocycles. The van der Waals surface area contributed by atoms with Crippen LogP contribution in [0.5, 0.6) is 5.75 Å². The number of carbonyl (C=O) groups excluding carboxylic acids is 1. The normalized spacial score (nSPS) is 11.7. The summed E-state index contributed by atoms with van der Waals surface area (Å²) in [6.45, 7) is 1.91. The van der Waals surface area contributed by atoms with E-state index < -0.39 is 17.9 Å². The standard InChI is InChI=1S/C18H12F3NO2/c1-12-2-4-13(5-3-12)10-15(11-22)17(23)14-6-8-16(9-7-14)24-18(19,20)21/h2-10H,1H3/b15-10-. The summed E-state index contributed by atoms with van der Waals surface area (Å²) in [4.78, 5) is 12.3. The fourth-order valence-corrected chi connectivity index (χ4v) is 1.94. The molecule has 2 rings (SSSR count). The van der Waals surface area contributed by atoms with E-state index in [1.54, 1.807) is 12.1 Å². The average Bonchev–Trinajstić information content (AvgIpc) is 2.53. The summed E-state index contributed by atoms with van der Waals surface area (Å²) in [7, 11) is 0. The van der Waals surface area contributed by atoms with Crippen LogP contribution in [0.25, 0.3) is 6.08 Å². The Balaban J connectivity index is 2.22. The number of alkyl halides is 3. The molecular formula is C18H12F3NO2. The summed E-state index contributed by atoms with van der Waals surface area (Å²) in [6, 6.07) is 13.5. The van der Waals surface area contributed by atoms with Crippen molar-refractivity contribution in [3.8, 4) is 11.8 Å². The van der Waals surface area contributed by atoms with Crippen molar-refractivity contribution < 1.29 is 22.7 Å². The van der Waals surface area contributed by atoms with Gasteiger partial charge in [-0.2, -0.15) is 5.26 Å². The van der Waals surface area contributed by atoms with Gasteiger partial charge in [-0.25, -0.2) is 0 Å². The van der Waals surface area contributed by atoms with Crippen LogP contribution in [0.4, 0.5) is 13.2 Å². The van der Waals surface area contributed by atoms with Gasteiger partial charge in [-0.15, -0.1) is 13.2 Å². The maximum atomic E-state index is 12.3. The van der Waals surface area contributed by atoms with E-state index in [9.17, 15) is 18.0 Å². The number of benzene rings is 2. The molecule has 0 aliphatic rings. The van der Waals surface area contributed by atoms with Crippen LogP contribution in [0.2, 0.25) is 0 Å². The van der Waals surface area contributed by atoms with Crippen molar-refractivity contribution in [1.29, 1.82) is 5.26 Å². The maximum Gasteiger partial charge on any atom is 0.573 e. The predicted molar refractivity (Wildman–Crippen MR) is 82.2 cm³/mol. The Bertz CT molecular complexity index is 798. The Morgan fingerprint density at radius 3 is 2.17 bits per heavy atom. The highest BCUT2D eigenvalue weighted by atomic mass is 19.4. The van der Waals surface area contributed by atoms with Gasteiger partial charge in [0.25, 0.3) is 0 Å². The molecule has 0 aromatic heterocycles. The number of halogens is 3. The van der Waals surface area contributed by atoms with Gasteiger partial charge in [0.2, 0.25) is 5.78 Å². The number of rotatable bonds is 4. The van der Waals surface area contributed by atoms with E-state index in [4.69, 9.17) is 5.26 Å². The Morgan fingerprint density at radius 2 is 1.67 bits per heavy atom. The number of allylic oxidation sites excluding steroid dienone is 1. The highest BCUT2D eigenvalue weighted by molar-refractivity contribution is 6.14. The van der Waals surface area contributed by atoms with Gasteiger partial charge in [-0.05, 0) is 42.8 Å². The lowest BCUT2D eigenvalue weighted by atomic mass is 10.0. The molecule has 24 heavy (non-hydrogen) atoms. The number of nitriles is 1. The first-order chi connectivity index (χ1) is 11.3.